The van der Waals surface area contributed by atoms with Gasteiger partial charge in [-0.05, 0) is 27.2 Å². The fourth-order valence-electron chi connectivity index (χ4n) is 2.06. The minimum absolute atomic E-state index is 0.293. The molecule has 0 saturated carbocycles. The van der Waals surface area contributed by atoms with Crippen molar-refractivity contribution in [2.75, 3.05) is 26.7 Å². The number of aromatic nitrogens is 3. The molecule has 0 aromatic carbocycles. The minimum atomic E-state index is -0.496. The molecular weight excluding hydrogens is 322 g/mol. The van der Waals surface area contributed by atoms with E-state index in [0.717, 1.165) is 12.2 Å². The van der Waals surface area contributed by atoms with Crippen LogP contribution in [-0.4, -0.2) is 64.0 Å². The molecule has 1 aromatic rings. The number of amides is 1. The van der Waals surface area contributed by atoms with Gasteiger partial charge in [-0.2, -0.15) is 5.10 Å². The van der Waals surface area contributed by atoms with Crippen LogP contribution in [0, 0.1) is 0 Å². The summed E-state index contributed by atoms with van der Waals surface area (Å²) in [5.41, 5.74) is -0.496. The Morgan fingerprint density at radius 2 is 2.08 bits per heavy atom. The van der Waals surface area contributed by atoms with E-state index in [9.17, 15) is 4.79 Å². The predicted molar refractivity (Wildman–Crippen MR) is 97.3 cm³/mol. The molecule has 0 fully saturated rings. The van der Waals surface area contributed by atoms with E-state index in [0.29, 0.717) is 32.1 Å². The summed E-state index contributed by atoms with van der Waals surface area (Å²) in [5.74, 6) is 1.45. The first kappa shape index (κ1) is 20.7. The van der Waals surface area contributed by atoms with Gasteiger partial charge in [0.15, 0.2) is 5.96 Å². The van der Waals surface area contributed by atoms with E-state index in [1.807, 2.05) is 34.7 Å². The van der Waals surface area contributed by atoms with Crippen molar-refractivity contribution in [2.45, 2.75) is 46.3 Å². The zero-order chi connectivity index (χ0) is 18.9. The molecule has 1 heterocycles. The van der Waals surface area contributed by atoms with Crippen LogP contribution in [0.5, 0.6) is 0 Å². The molecule has 1 rings (SSSR count). The van der Waals surface area contributed by atoms with Crippen LogP contribution in [0.1, 0.15) is 39.9 Å². The monoisotopic (exact) mass is 353 g/mol. The van der Waals surface area contributed by atoms with Crippen LogP contribution in [0.4, 0.5) is 4.79 Å². The quantitative estimate of drug-likeness (QED) is 0.563. The Morgan fingerprint density at radius 3 is 2.60 bits per heavy atom. The van der Waals surface area contributed by atoms with Gasteiger partial charge in [-0.1, -0.05) is 6.92 Å². The van der Waals surface area contributed by atoms with Gasteiger partial charge in [0.1, 0.15) is 17.8 Å². The average Bonchev–Trinajstić information content (AvgIpc) is 2.93. The van der Waals surface area contributed by atoms with Gasteiger partial charge in [-0.15, -0.1) is 0 Å². The van der Waals surface area contributed by atoms with E-state index >= 15 is 0 Å². The van der Waals surface area contributed by atoms with Gasteiger partial charge in [0.05, 0.1) is 6.54 Å². The standard InChI is InChI=1S/C16H31N7O2/c1-7-9-23(15(24)25-16(2,3)4)10-8-18-14(17-5)19-11-13-20-12-21-22(13)6/h12H,7-11H2,1-6H3,(H2,17,18,19). The number of aliphatic imine (C=N–C) groups is 1. The second-order valence-corrected chi connectivity index (χ2v) is 6.62. The first-order valence-electron chi connectivity index (χ1n) is 8.52. The summed E-state index contributed by atoms with van der Waals surface area (Å²) in [7, 11) is 3.54. The lowest BCUT2D eigenvalue weighted by Gasteiger charge is -2.27. The lowest BCUT2D eigenvalue weighted by molar-refractivity contribution is 0.0253. The van der Waals surface area contributed by atoms with Gasteiger partial charge in [0.2, 0.25) is 0 Å². The molecule has 0 aliphatic heterocycles. The highest BCUT2D eigenvalue weighted by Gasteiger charge is 2.21. The Labute approximate surface area is 149 Å². The van der Waals surface area contributed by atoms with Crippen molar-refractivity contribution >= 4 is 12.1 Å². The topological polar surface area (TPSA) is 96.7 Å². The zero-order valence-corrected chi connectivity index (χ0v) is 16.2. The van der Waals surface area contributed by atoms with Gasteiger partial charge < -0.3 is 20.3 Å². The van der Waals surface area contributed by atoms with E-state index in [-0.39, 0.29) is 6.09 Å². The molecule has 9 heteroatoms. The maximum atomic E-state index is 12.2. The van der Waals surface area contributed by atoms with Crippen LogP contribution in [0.2, 0.25) is 0 Å². The molecule has 0 spiro atoms. The number of aryl methyl sites for hydroxylation is 1. The summed E-state index contributed by atoms with van der Waals surface area (Å²) in [5, 5.41) is 10.4. The number of carbonyl (C=O) groups excluding carboxylic acids is 1. The van der Waals surface area contributed by atoms with Crippen molar-refractivity contribution in [3.8, 4) is 0 Å². The van der Waals surface area contributed by atoms with E-state index in [2.05, 4.69) is 25.7 Å². The highest BCUT2D eigenvalue weighted by Crippen LogP contribution is 2.10. The largest absolute Gasteiger partial charge is 0.444 e. The molecule has 2 N–H and O–H groups in total. The Balaban J connectivity index is 2.44. The van der Waals surface area contributed by atoms with E-state index in [1.165, 1.54) is 6.33 Å². The van der Waals surface area contributed by atoms with Crippen LogP contribution < -0.4 is 10.6 Å². The van der Waals surface area contributed by atoms with Gasteiger partial charge in [-0.25, -0.2) is 9.78 Å². The van der Waals surface area contributed by atoms with Crippen molar-refractivity contribution in [3.05, 3.63) is 12.2 Å². The van der Waals surface area contributed by atoms with Gasteiger partial charge >= 0.3 is 6.09 Å². The lowest BCUT2D eigenvalue weighted by atomic mass is 10.2. The van der Waals surface area contributed by atoms with Gasteiger partial charge in [0, 0.05) is 33.7 Å². The zero-order valence-electron chi connectivity index (χ0n) is 16.2. The van der Waals surface area contributed by atoms with Crippen LogP contribution >= 0.6 is 0 Å². The fourth-order valence-corrected chi connectivity index (χ4v) is 2.06. The number of hydrogen-bond acceptors (Lipinski definition) is 5. The second kappa shape index (κ2) is 9.85. The normalized spacial score (nSPS) is 12.0. The summed E-state index contributed by atoms with van der Waals surface area (Å²) in [6.45, 7) is 9.91. The Bertz CT molecular complexity index is 563. The Morgan fingerprint density at radius 1 is 1.36 bits per heavy atom. The molecule has 1 aromatic heterocycles. The van der Waals surface area contributed by atoms with E-state index in [1.54, 1.807) is 16.6 Å². The van der Waals surface area contributed by atoms with Crippen LogP contribution in [0.3, 0.4) is 0 Å². The summed E-state index contributed by atoms with van der Waals surface area (Å²) in [4.78, 5) is 22.2. The molecule has 0 atom stereocenters. The van der Waals surface area contributed by atoms with Crippen molar-refractivity contribution in [3.63, 3.8) is 0 Å². The van der Waals surface area contributed by atoms with E-state index in [4.69, 9.17) is 4.74 Å². The average molecular weight is 353 g/mol. The van der Waals surface area contributed by atoms with Crippen molar-refractivity contribution in [2.24, 2.45) is 12.0 Å². The minimum Gasteiger partial charge on any atom is -0.444 e. The molecule has 0 aliphatic rings. The number of carbonyl (C=O) groups is 1. The first-order chi connectivity index (χ1) is 11.8. The van der Waals surface area contributed by atoms with Crippen LogP contribution in [0.25, 0.3) is 0 Å². The fraction of sp³-hybridized carbons (Fsp3) is 0.750. The third-order valence-electron chi connectivity index (χ3n) is 3.26. The van der Waals surface area contributed by atoms with Crippen molar-refractivity contribution in [1.82, 2.24) is 30.3 Å². The second-order valence-electron chi connectivity index (χ2n) is 6.62. The molecule has 0 radical (unpaired) electrons. The third kappa shape index (κ3) is 7.86. The molecular formula is C16H31N7O2. The SMILES string of the molecule is CCCN(CCNC(=NC)NCc1ncnn1C)C(=O)OC(C)(C)C. The Hall–Kier alpha value is -2.32. The highest BCUT2D eigenvalue weighted by atomic mass is 16.6. The highest BCUT2D eigenvalue weighted by molar-refractivity contribution is 5.79. The summed E-state index contributed by atoms with van der Waals surface area (Å²) < 4.78 is 7.14. The smallest absolute Gasteiger partial charge is 0.410 e. The molecule has 0 bridgehead atoms. The number of hydrogen-bond donors (Lipinski definition) is 2. The molecule has 1 amide bonds. The van der Waals surface area contributed by atoms with Crippen molar-refractivity contribution < 1.29 is 9.53 Å². The molecule has 25 heavy (non-hydrogen) atoms. The molecule has 0 unspecified atom stereocenters. The molecule has 0 saturated heterocycles. The lowest BCUT2D eigenvalue weighted by Crippen LogP contribution is -2.44. The molecule has 142 valence electrons. The number of nitrogens with zero attached hydrogens (tertiary/aromatic N) is 5. The number of guanidine groups is 1. The predicted octanol–water partition coefficient (Wildman–Crippen LogP) is 1.13. The van der Waals surface area contributed by atoms with Gasteiger partial charge in [0.25, 0.3) is 0 Å². The number of rotatable bonds is 7. The summed E-state index contributed by atoms with van der Waals surface area (Å²) in [6, 6.07) is 0. The number of ether oxygens (including phenoxy) is 1. The maximum absolute atomic E-state index is 12.2. The van der Waals surface area contributed by atoms with Crippen LogP contribution in [-0.2, 0) is 18.3 Å². The van der Waals surface area contributed by atoms with Crippen LogP contribution in [0.15, 0.2) is 11.3 Å². The van der Waals surface area contributed by atoms with E-state index < -0.39 is 5.60 Å². The maximum Gasteiger partial charge on any atom is 0.410 e. The molecule has 0 aliphatic carbocycles. The van der Waals surface area contributed by atoms with Gasteiger partial charge in [-0.3, -0.25) is 9.67 Å². The Kier molecular flexibility index (Phi) is 8.17. The molecule has 9 nitrogen and oxygen atoms in total. The number of nitrogens with one attached hydrogen (secondary N) is 2. The summed E-state index contributed by atoms with van der Waals surface area (Å²) >= 11 is 0. The third-order valence-corrected chi connectivity index (χ3v) is 3.26. The first-order valence-corrected chi connectivity index (χ1v) is 8.52. The summed E-state index contributed by atoms with van der Waals surface area (Å²) in [6.07, 6.45) is 2.09. The van der Waals surface area contributed by atoms with Crippen molar-refractivity contribution in [1.29, 1.82) is 0 Å².